The molecule has 1 aliphatic carbocycles. The first-order valence-electron chi connectivity index (χ1n) is 9.05. The smallest absolute Gasteiger partial charge is 0.332 e. The van der Waals surface area contributed by atoms with Crippen LogP contribution < -0.4 is 10.1 Å². The number of halogens is 1. The number of methoxy groups -OCH3 is 2. The van der Waals surface area contributed by atoms with Crippen LogP contribution in [-0.4, -0.2) is 44.3 Å². The van der Waals surface area contributed by atoms with Crippen molar-refractivity contribution in [3.05, 3.63) is 28.2 Å². The zero-order valence-electron chi connectivity index (χ0n) is 16.6. The van der Waals surface area contributed by atoms with Gasteiger partial charge in [0.05, 0.1) is 24.8 Å². The molecule has 150 valence electrons. The van der Waals surface area contributed by atoms with E-state index in [2.05, 4.69) is 21.2 Å². The lowest BCUT2D eigenvalue weighted by atomic mass is 9.54. The number of amides is 1. The predicted molar refractivity (Wildman–Crippen MR) is 106 cm³/mol. The van der Waals surface area contributed by atoms with E-state index in [1.807, 2.05) is 39.0 Å². The molecule has 0 radical (unpaired) electrons. The summed E-state index contributed by atoms with van der Waals surface area (Å²) < 4.78 is 16.8. The number of hydrogen-bond donors (Lipinski definition) is 1. The summed E-state index contributed by atoms with van der Waals surface area (Å²) in [6.07, 6.45) is 1.15. The number of carbonyl (C=O) groups excluding carboxylic acids is 2. The second kappa shape index (κ2) is 8.61. The van der Waals surface area contributed by atoms with Crippen LogP contribution >= 0.6 is 15.9 Å². The first-order chi connectivity index (χ1) is 12.7. The summed E-state index contributed by atoms with van der Waals surface area (Å²) >= 11 is 3.45. The van der Waals surface area contributed by atoms with Crippen molar-refractivity contribution in [1.82, 2.24) is 5.32 Å². The molecule has 1 aromatic carbocycles. The molecule has 0 aromatic heterocycles. The van der Waals surface area contributed by atoms with Crippen molar-refractivity contribution in [2.45, 2.75) is 51.7 Å². The van der Waals surface area contributed by atoms with Gasteiger partial charge in [-0.15, -0.1) is 0 Å². The van der Waals surface area contributed by atoms with Gasteiger partial charge in [-0.05, 0) is 47.0 Å². The maximum Gasteiger partial charge on any atom is 0.332 e. The van der Waals surface area contributed by atoms with Crippen LogP contribution in [0.5, 0.6) is 5.75 Å². The fraction of sp³-hybridized carbons (Fsp3) is 0.600. The number of hydrogen-bond acceptors (Lipinski definition) is 5. The number of nitrogens with one attached hydrogen (secondary N) is 1. The fourth-order valence-corrected chi connectivity index (χ4v) is 4.20. The van der Waals surface area contributed by atoms with Gasteiger partial charge in [-0.2, -0.15) is 0 Å². The molecule has 1 N–H and O–H groups in total. The van der Waals surface area contributed by atoms with Crippen molar-refractivity contribution in [3.63, 3.8) is 0 Å². The second-order valence-corrected chi connectivity index (χ2v) is 8.14. The van der Waals surface area contributed by atoms with Gasteiger partial charge in [0.2, 0.25) is 5.91 Å². The normalized spacial score (nSPS) is 23.3. The summed E-state index contributed by atoms with van der Waals surface area (Å²) in [7, 11) is 2.95. The lowest BCUT2D eigenvalue weighted by molar-refractivity contribution is -0.197. The van der Waals surface area contributed by atoms with E-state index in [-0.39, 0.29) is 18.4 Å². The van der Waals surface area contributed by atoms with E-state index in [0.717, 1.165) is 15.8 Å². The Morgan fingerprint density at radius 1 is 1.30 bits per heavy atom. The average Bonchev–Trinajstić information content (AvgIpc) is 2.64. The van der Waals surface area contributed by atoms with Crippen molar-refractivity contribution in [1.29, 1.82) is 0 Å². The Hall–Kier alpha value is -1.60. The second-order valence-electron chi connectivity index (χ2n) is 7.28. The van der Waals surface area contributed by atoms with E-state index in [1.54, 1.807) is 7.11 Å². The van der Waals surface area contributed by atoms with Crippen LogP contribution in [0, 0.1) is 5.41 Å². The molecule has 1 amide bonds. The molecule has 1 aliphatic rings. The lowest BCUT2D eigenvalue weighted by Crippen LogP contribution is -2.76. The van der Waals surface area contributed by atoms with Gasteiger partial charge in [0.1, 0.15) is 11.3 Å². The van der Waals surface area contributed by atoms with Crippen LogP contribution in [0.4, 0.5) is 0 Å². The highest BCUT2D eigenvalue weighted by Crippen LogP contribution is 2.52. The minimum absolute atomic E-state index is 0.0977. The molecule has 2 atom stereocenters. The topological polar surface area (TPSA) is 73.9 Å². The number of carbonyl (C=O) groups is 2. The molecule has 0 bridgehead atoms. The zero-order chi connectivity index (χ0) is 20.2. The van der Waals surface area contributed by atoms with E-state index in [9.17, 15) is 9.59 Å². The molecule has 6 nitrogen and oxygen atoms in total. The number of rotatable bonds is 8. The molecular formula is C20H28BrNO5. The molecular weight excluding hydrogens is 414 g/mol. The maximum absolute atomic E-state index is 12.6. The highest BCUT2D eigenvalue weighted by atomic mass is 79.9. The Balaban J connectivity index is 2.05. The number of esters is 1. The molecule has 7 heteroatoms. The van der Waals surface area contributed by atoms with Crippen LogP contribution in [0.15, 0.2) is 22.7 Å². The van der Waals surface area contributed by atoms with Crippen LogP contribution in [0.3, 0.4) is 0 Å². The van der Waals surface area contributed by atoms with Gasteiger partial charge in [0.25, 0.3) is 0 Å². The van der Waals surface area contributed by atoms with E-state index in [1.165, 1.54) is 7.11 Å². The fourth-order valence-electron chi connectivity index (χ4n) is 3.62. The first-order valence-corrected chi connectivity index (χ1v) is 9.84. The number of benzene rings is 1. The van der Waals surface area contributed by atoms with Crippen molar-refractivity contribution in [2.24, 2.45) is 5.41 Å². The molecule has 1 saturated carbocycles. The molecule has 0 heterocycles. The molecule has 0 aliphatic heterocycles. The van der Waals surface area contributed by atoms with E-state index in [4.69, 9.17) is 14.2 Å². The van der Waals surface area contributed by atoms with Gasteiger partial charge in [-0.3, -0.25) is 4.79 Å². The Kier molecular flexibility index (Phi) is 6.92. The van der Waals surface area contributed by atoms with E-state index < -0.39 is 16.9 Å². The third kappa shape index (κ3) is 4.14. The quantitative estimate of drug-likeness (QED) is 0.626. The van der Waals surface area contributed by atoms with Gasteiger partial charge < -0.3 is 19.5 Å². The SMILES string of the molecule is CCO[C@H]1C[C@@](NC(=O)CCc2ccc(OC)c(Br)c2)(C(=O)OC)C1(C)C. The minimum atomic E-state index is -1.06. The standard InChI is InChI=1S/C20H28BrNO5/c1-6-27-16-12-20(18(24)26-5,19(16,2)3)22-17(23)10-8-13-7-9-15(25-4)14(21)11-13/h7,9,11,16H,6,8,10,12H2,1-5H3,(H,22,23)/t16-,20+/m0/s1. The molecule has 0 spiro atoms. The predicted octanol–water partition coefficient (Wildman–Crippen LogP) is 3.25. The highest BCUT2D eigenvalue weighted by Gasteiger charge is 2.66. The van der Waals surface area contributed by atoms with Gasteiger partial charge >= 0.3 is 5.97 Å². The maximum atomic E-state index is 12.6. The van der Waals surface area contributed by atoms with Crippen molar-refractivity contribution < 1.29 is 23.8 Å². The zero-order valence-corrected chi connectivity index (χ0v) is 18.1. The Labute approximate surface area is 169 Å². The average molecular weight is 442 g/mol. The van der Waals surface area contributed by atoms with Gasteiger partial charge in [0, 0.05) is 24.9 Å². The van der Waals surface area contributed by atoms with Crippen molar-refractivity contribution >= 4 is 27.8 Å². The number of aryl methyl sites for hydroxylation is 1. The Morgan fingerprint density at radius 3 is 2.52 bits per heavy atom. The molecule has 0 saturated heterocycles. The van der Waals surface area contributed by atoms with Crippen LogP contribution in [0.1, 0.15) is 39.2 Å². The molecule has 0 unspecified atom stereocenters. The summed E-state index contributed by atoms with van der Waals surface area (Å²) in [6.45, 7) is 6.33. The van der Waals surface area contributed by atoms with Crippen LogP contribution in [0.2, 0.25) is 0 Å². The molecule has 27 heavy (non-hydrogen) atoms. The summed E-state index contributed by atoms with van der Waals surface area (Å²) in [4.78, 5) is 25.1. The van der Waals surface area contributed by atoms with Crippen molar-refractivity contribution in [2.75, 3.05) is 20.8 Å². The first kappa shape index (κ1) is 21.7. The van der Waals surface area contributed by atoms with Crippen molar-refractivity contribution in [3.8, 4) is 5.75 Å². The molecule has 2 rings (SSSR count). The summed E-state index contributed by atoms with van der Waals surface area (Å²) in [5, 5.41) is 2.94. The minimum Gasteiger partial charge on any atom is -0.496 e. The van der Waals surface area contributed by atoms with Gasteiger partial charge in [-0.25, -0.2) is 4.79 Å². The van der Waals surface area contributed by atoms with Gasteiger partial charge in [-0.1, -0.05) is 19.9 Å². The molecule has 1 fully saturated rings. The third-order valence-corrected chi connectivity index (χ3v) is 6.13. The summed E-state index contributed by atoms with van der Waals surface area (Å²) in [6, 6.07) is 5.71. The van der Waals surface area contributed by atoms with Crippen LogP contribution in [-0.2, 0) is 25.5 Å². The van der Waals surface area contributed by atoms with Gasteiger partial charge in [0.15, 0.2) is 0 Å². The van der Waals surface area contributed by atoms with E-state index in [0.29, 0.717) is 19.4 Å². The Morgan fingerprint density at radius 2 is 2.00 bits per heavy atom. The van der Waals surface area contributed by atoms with Crippen LogP contribution in [0.25, 0.3) is 0 Å². The largest absolute Gasteiger partial charge is 0.496 e. The monoisotopic (exact) mass is 441 g/mol. The van der Waals surface area contributed by atoms with E-state index >= 15 is 0 Å². The Bertz CT molecular complexity index is 706. The summed E-state index contributed by atoms with van der Waals surface area (Å²) in [5.74, 6) is 0.130. The molecule has 1 aromatic rings. The third-order valence-electron chi connectivity index (χ3n) is 5.51. The highest BCUT2D eigenvalue weighted by molar-refractivity contribution is 9.10. The number of ether oxygens (including phenoxy) is 3. The summed E-state index contributed by atoms with van der Waals surface area (Å²) in [5.41, 5.74) is -0.598. The lowest BCUT2D eigenvalue weighted by Gasteiger charge is -2.58.